The number of carbonyl (C=O) groups is 1. The first kappa shape index (κ1) is 13.0. The first-order chi connectivity index (χ1) is 7.54. The Morgan fingerprint density at radius 3 is 2.69 bits per heavy atom. The van der Waals surface area contributed by atoms with Gasteiger partial charge in [-0.2, -0.15) is 0 Å². The Morgan fingerprint density at radius 2 is 2.06 bits per heavy atom. The van der Waals surface area contributed by atoms with Crippen LogP contribution in [0.2, 0.25) is 0 Å². The van der Waals surface area contributed by atoms with Gasteiger partial charge in [0.2, 0.25) is 0 Å². The molecule has 0 fully saturated rings. The largest absolute Gasteiger partial charge is 0.293 e. The molecule has 5 heteroatoms. The molecule has 0 bridgehead atoms. The number of benzene rings is 1. The third kappa shape index (κ3) is 3.48. The van der Waals surface area contributed by atoms with E-state index in [1.54, 1.807) is 0 Å². The Bertz CT molecular complexity index is 418. The molecule has 0 spiro atoms. The molecule has 0 saturated carbocycles. The maximum Gasteiger partial charge on any atom is 0.178 e. The Morgan fingerprint density at radius 1 is 1.38 bits per heavy atom. The van der Waals surface area contributed by atoms with Gasteiger partial charge in [0.1, 0.15) is 11.6 Å². The smallest absolute Gasteiger partial charge is 0.178 e. The van der Waals surface area contributed by atoms with Gasteiger partial charge in [-0.05, 0) is 24.6 Å². The maximum atomic E-state index is 13.2. The fraction of sp³-hybridized carbons (Fsp3) is 0.364. The summed E-state index contributed by atoms with van der Waals surface area (Å²) in [4.78, 5) is 11.5. The zero-order chi connectivity index (χ0) is 12.1. The predicted molar refractivity (Wildman–Crippen MR) is 58.9 cm³/mol. The highest BCUT2D eigenvalue weighted by molar-refractivity contribution is 7.85. The lowest BCUT2D eigenvalue weighted by Gasteiger charge is -2.02. The van der Waals surface area contributed by atoms with Crippen LogP contribution < -0.4 is 0 Å². The van der Waals surface area contributed by atoms with Gasteiger partial charge in [0.15, 0.2) is 5.78 Å². The first-order valence-electron chi connectivity index (χ1n) is 4.87. The van der Waals surface area contributed by atoms with Gasteiger partial charge in [-0.1, -0.05) is 6.92 Å². The lowest BCUT2D eigenvalue weighted by atomic mass is 10.1. The lowest BCUT2D eigenvalue weighted by molar-refractivity contribution is 0.101. The summed E-state index contributed by atoms with van der Waals surface area (Å²) in [6.07, 6.45) is 0.686. The molecule has 1 aromatic rings. The number of Topliss-reactive ketones (excluding diaryl/α,β-unsaturated/α-hetero) is 1. The van der Waals surface area contributed by atoms with Crippen molar-refractivity contribution in [2.45, 2.75) is 13.3 Å². The highest BCUT2D eigenvalue weighted by Gasteiger charge is 2.15. The second-order valence-corrected chi connectivity index (χ2v) is 4.91. The molecule has 1 aromatic carbocycles. The van der Waals surface area contributed by atoms with Crippen LogP contribution in [-0.2, 0) is 10.8 Å². The van der Waals surface area contributed by atoms with Crippen molar-refractivity contribution in [2.24, 2.45) is 0 Å². The minimum absolute atomic E-state index is 0.256. The van der Waals surface area contributed by atoms with E-state index in [0.717, 1.165) is 18.2 Å². The third-order valence-corrected chi connectivity index (χ3v) is 3.40. The monoisotopic (exact) mass is 246 g/mol. The zero-order valence-corrected chi connectivity index (χ0v) is 9.65. The Hall–Kier alpha value is -1.10. The molecule has 16 heavy (non-hydrogen) atoms. The van der Waals surface area contributed by atoms with Crippen LogP contribution in [0.15, 0.2) is 18.2 Å². The molecule has 0 heterocycles. The predicted octanol–water partition coefficient (Wildman–Crippen LogP) is 2.31. The second kappa shape index (κ2) is 5.84. The summed E-state index contributed by atoms with van der Waals surface area (Å²) in [5.74, 6) is -1.94. The van der Waals surface area contributed by atoms with E-state index in [2.05, 4.69) is 0 Å². The van der Waals surface area contributed by atoms with Gasteiger partial charge in [0, 0.05) is 16.6 Å². The number of halogens is 2. The van der Waals surface area contributed by atoms with Crippen LogP contribution >= 0.6 is 0 Å². The van der Waals surface area contributed by atoms with E-state index in [1.165, 1.54) is 0 Å². The third-order valence-electron chi connectivity index (χ3n) is 1.95. The molecule has 0 aliphatic heterocycles. The van der Waals surface area contributed by atoms with Crippen LogP contribution in [0.4, 0.5) is 8.78 Å². The van der Waals surface area contributed by atoms with Gasteiger partial charge in [0.25, 0.3) is 0 Å². The highest BCUT2D eigenvalue weighted by Crippen LogP contribution is 2.11. The standard InChI is InChI=1S/C11H12F2O2S/c1-2-5-16(15)7-11(14)9-6-8(12)3-4-10(9)13/h3-4,6H,2,5,7H2,1H3. The molecule has 0 radical (unpaired) electrons. The molecule has 1 atom stereocenters. The van der Waals surface area contributed by atoms with Crippen molar-refractivity contribution in [3.05, 3.63) is 35.4 Å². The second-order valence-electron chi connectivity index (χ2n) is 3.34. The number of ketones is 1. The van der Waals surface area contributed by atoms with E-state index in [0.29, 0.717) is 12.2 Å². The van der Waals surface area contributed by atoms with E-state index in [-0.39, 0.29) is 11.3 Å². The van der Waals surface area contributed by atoms with Gasteiger partial charge >= 0.3 is 0 Å². The van der Waals surface area contributed by atoms with Crippen LogP contribution in [0, 0.1) is 11.6 Å². The molecule has 0 aromatic heterocycles. The van der Waals surface area contributed by atoms with Crippen molar-refractivity contribution in [3.8, 4) is 0 Å². The number of carbonyl (C=O) groups excluding carboxylic acids is 1. The van der Waals surface area contributed by atoms with E-state index in [9.17, 15) is 17.8 Å². The lowest BCUT2D eigenvalue weighted by Crippen LogP contribution is -2.14. The first-order valence-corrected chi connectivity index (χ1v) is 6.36. The molecule has 0 aliphatic carbocycles. The van der Waals surface area contributed by atoms with Crippen LogP contribution in [0.1, 0.15) is 23.7 Å². The minimum atomic E-state index is -1.30. The van der Waals surface area contributed by atoms with Crippen LogP contribution in [0.5, 0.6) is 0 Å². The SMILES string of the molecule is CCCS(=O)CC(=O)c1cc(F)ccc1F. The summed E-state index contributed by atoms with van der Waals surface area (Å²) in [7, 11) is -1.30. The Labute approximate surface area is 95.1 Å². The fourth-order valence-electron chi connectivity index (χ4n) is 1.23. The zero-order valence-electron chi connectivity index (χ0n) is 8.83. The molecule has 1 rings (SSSR count). The maximum absolute atomic E-state index is 13.2. The van der Waals surface area contributed by atoms with Gasteiger partial charge < -0.3 is 0 Å². The van der Waals surface area contributed by atoms with Gasteiger partial charge in [-0.25, -0.2) is 8.78 Å². The number of hydrogen-bond donors (Lipinski definition) is 0. The van der Waals surface area contributed by atoms with Crippen LogP contribution in [0.3, 0.4) is 0 Å². The Balaban J connectivity index is 2.80. The molecule has 0 aliphatic rings. The average Bonchev–Trinajstić information content (AvgIpc) is 2.21. The summed E-state index contributed by atoms with van der Waals surface area (Å²) in [6.45, 7) is 1.84. The molecular weight excluding hydrogens is 234 g/mol. The highest BCUT2D eigenvalue weighted by atomic mass is 32.2. The Kier molecular flexibility index (Phi) is 4.73. The van der Waals surface area contributed by atoms with Gasteiger partial charge in [0.05, 0.1) is 11.3 Å². The van der Waals surface area contributed by atoms with Gasteiger partial charge in [-0.15, -0.1) is 0 Å². The summed E-state index contributed by atoms with van der Waals surface area (Å²) in [6, 6.07) is 2.67. The van der Waals surface area contributed by atoms with E-state index < -0.39 is 28.2 Å². The minimum Gasteiger partial charge on any atom is -0.293 e. The van der Waals surface area contributed by atoms with Crippen molar-refractivity contribution in [3.63, 3.8) is 0 Å². The van der Waals surface area contributed by atoms with E-state index in [1.807, 2.05) is 6.92 Å². The summed E-state index contributed by atoms with van der Waals surface area (Å²) in [5, 5.41) is 0. The van der Waals surface area contributed by atoms with E-state index in [4.69, 9.17) is 0 Å². The molecule has 0 amide bonds. The van der Waals surface area contributed by atoms with Crippen LogP contribution in [-0.4, -0.2) is 21.5 Å². The van der Waals surface area contributed by atoms with Crippen molar-refractivity contribution >= 4 is 16.6 Å². The topological polar surface area (TPSA) is 34.1 Å². The molecule has 2 nitrogen and oxygen atoms in total. The molecule has 88 valence electrons. The molecular formula is C11H12F2O2S. The summed E-state index contributed by atoms with van der Waals surface area (Å²) < 4.78 is 37.3. The van der Waals surface area contributed by atoms with Crippen molar-refractivity contribution in [1.82, 2.24) is 0 Å². The average molecular weight is 246 g/mol. The molecule has 0 saturated heterocycles. The van der Waals surface area contributed by atoms with Gasteiger partial charge in [-0.3, -0.25) is 9.00 Å². The number of hydrogen-bond acceptors (Lipinski definition) is 2. The normalized spacial score (nSPS) is 12.4. The quantitative estimate of drug-likeness (QED) is 0.747. The van der Waals surface area contributed by atoms with Crippen molar-refractivity contribution < 1.29 is 17.8 Å². The summed E-state index contributed by atoms with van der Waals surface area (Å²) in [5.41, 5.74) is -0.329. The molecule has 0 N–H and O–H groups in total. The molecule has 1 unspecified atom stereocenters. The van der Waals surface area contributed by atoms with E-state index >= 15 is 0 Å². The van der Waals surface area contributed by atoms with Crippen molar-refractivity contribution in [1.29, 1.82) is 0 Å². The van der Waals surface area contributed by atoms with Crippen molar-refractivity contribution in [2.75, 3.05) is 11.5 Å². The fourth-order valence-corrected chi connectivity index (χ4v) is 2.28. The summed E-state index contributed by atoms with van der Waals surface area (Å²) >= 11 is 0. The number of rotatable bonds is 5. The van der Waals surface area contributed by atoms with Crippen LogP contribution in [0.25, 0.3) is 0 Å².